The van der Waals surface area contributed by atoms with E-state index in [1.165, 1.54) is 12.1 Å². The number of carbonyl (C=O) groups is 2. The van der Waals surface area contributed by atoms with Crippen molar-refractivity contribution < 1.29 is 18.7 Å². The summed E-state index contributed by atoms with van der Waals surface area (Å²) in [6.07, 6.45) is 3.83. The maximum absolute atomic E-state index is 13.5. The highest BCUT2D eigenvalue weighted by Crippen LogP contribution is 2.43. The van der Waals surface area contributed by atoms with Gasteiger partial charge in [-0.15, -0.1) is 11.3 Å². The molecule has 5 nitrogen and oxygen atoms in total. The molecule has 4 rings (SSSR count). The number of hydrogen-bond acceptors (Lipinski definition) is 4. The molecule has 2 amide bonds. The lowest BCUT2D eigenvalue weighted by molar-refractivity contribution is -0.134. The Morgan fingerprint density at radius 2 is 2.11 bits per heavy atom. The van der Waals surface area contributed by atoms with Gasteiger partial charge in [0.2, 0.25) is 5.91 Å². The second-order valence-electron chi connectivity index (χ2n) is 7.38. The van der Waals surface area contributed by atoms with Crippen molar-refractivity contribution in [2.45, 2.75) is 37.6 Å². The third kappa shape index (κ3) is 3.63. The summed E-state index contributed by atoms with van der Waals surface area (Å²) in [5, 5.41) is 5.05. The number of fused-ring (bicyclic) bond motifs is 1. The van der Waals surface area contributed by atoms with Crippen molar-refractivity contribution in [2.24, 2.45) is 0 Å². The van der Waals surface area contributed by atoms with Gasteiger partial charge in [0.15, 0.2) is 6.61 Å². The molecule has 0 saturated heterocycles. The highest BCUT2D eigenvalue weighted by Gasteiger charge is 2.43. The average molecular weight is 402 g/mol. The van der Waals surface area contributed by atoms with Gasteiger partial charge in [0.1, 0.15) is 11.6 Å². The summed E-state index contributed by atoms with van der Waals surface area (Å²) in [7, 11) is 0. The zero-order valence-electron chi connectivity index (χ0n) is 15.6. The standard InChI is InChI=1S/C21H23FN2O3S/c22-16-5-6-17-15(12-16)13-24(19(25)14-27-17)10-9-23-20(26)21(7-1-2-8-21)18-4-3-11-28-18/h3-6,11-12H,1-2,7-10,13-14H2,(H,23,26). The fourth-order valence-corrected chi connectivity index (χ4v) is 5.11. The van der Waals surface area contributed by atoms with E-state index in [9.17, 15) is 14.0 Å². The molecular formula is C21H23FN2O3S. The molecule has 0 unspecified atom stereocenters. The predicted molar refractivity (Wildman–Crippen MR) is 105 cm³/mol. The Morgan fingerprint density at radius 1 is 1.29 bits per heavy atom. The number of rotatable bonds is 5. The van der Waals surface area contributed by atoms with Gasteiger partial charge in [-0.05, 0) is 42.5 Å². The van der Waals surface area contributed by atoms with Crippen LogP contribution in [0.3, 0.4) is 0 Å². The molecular weight excluding hydrogens is 379 g/mol. The SMILES string of the molecule is O=C1COc2ccc(F)cc2CN1CCNC(=O)C1(c2cccs2)CCCC1. The molecule has 1 aliphatic carbocycles. The van der Waals surface area contributed by atoms with E-state index in [0.29, 0.717) is 24.4 Å². The molecule has 148 valence electrons. The van der Waals surface area contributed by atoms with E-state index < -0.39 is 5.41 Å². The Kier molecular flexibility index (Phi) is 5.35. The van der Waals surface area contributed by atoms with Gasteiger partial charge in [0.05, 0.1) is 5.41 Å². The van der Waals surface area contributed by atoms with Gasteiger partial charge in [-0.1, -0.05) is 18.9 Å². The van der Waals surface area contributed by atoms with Gasteiger partial charge in [0.25, 0.3) is 5.91 Å². The van der Waals surface area contributed by atoms with Crippen LogP contribution in [0, 0.1) is 5.82 Å². The molecule has 2 heterocycles. The summed E-state index contributed by atoms with van der Waals surface area (Å²) < 4.78 is 19.0. The van der Waals surface area contributed by atoms with E-state index in [1.54, 1.807) is 22.3 Å². The number of amides is 2. The molecule has 1 aromatic heterocycles. The number of nitrogens with zero attached hydrogens (tertiary/aromatic N) is 1. The highest BCUT2D eigenvalue weighted by atomic mass is 32.1. The fraction of sp³-hybridized carbons (Fsp3) is 0.429. The van der Waals surface area contributed by atoms with Crippen LogP contribution in [0.5, 0.6) is 5.75 Å². The zero-order valence-corrected chi connectivity index (χ0v) is 16.4. The molecule has 1 saturated carbocycles. The molecule has 1 aliphatic heterocycles. The molecule has 2 aromatic rings. The van der Waals surface area contributed by atoms with E-state index in [-0.39, 0.29) is 30.8 Å². The predicted octanol–water partition coefficient (Wildman–Crippen LogP) is 3.24. The summed E-state index contributed by atoms with van der Waals surface area (Å²) in [4.78, 5) is 28.1. The zero-order chi connectivity index (χ0) is 19.6. The van der Waals surface area contributed by atoms with Crippen LogP contribution in [-0.4, -0.2) is 36.4 Å². The van der Waals surface area contributed by atoms with Crippen LogP contribution in [0.25, 0.3) is 0 Å². The molecule has 0 atom stereocenters. The van der Waals surface area contributed by atoms with Gasteiger partial charge in [0, 0.05) is 30.1 Å². The van der Waals surface area contributed by atoms with E-state index in [2.05, 4.69) is 5.32 Å². The summed E-state index contributed by atoms with van der Waals surface area (Å²) >= 11 is 1.63. The van der Waals surface area contributed by atoms with Crippen molar-refractivity contribution in [3.63, 3.8) is 0 Å². The van der Waals surface area contributed by atoms with Crippen LogP contribution in [0.2, 0.25) is 0 Å². The maximum atomic E-state index is 13.5. The number of halogens is 1. The number of thiophene rings is 1. The van der Waals surface area contributed by atoms with E-state index in [0.717, 1.165) is 30.6 Å². The van der Waals surface area contributed by atoms with Crippen molar-refractivity contribution in [3.05, 3.63) is 52.0 Å². The summed E-state index contributed by atoms with van der Waals surface area (Å²) in [5.41, 5.74) is 0.207. The monoisotopic (exact) mass is 402 g/mol. The first-order valence-corrected chi connectivity index (χ1v) is 10.5. The van der Waals surface area contributed by atoms with Crippen LogP contribution in [-0.2, 0) is 21.5 Å². The van der Waals surface area contributed by atoms with Crippen LogP contribution in [0.15, 0.2) is 35.7 Å². The lowest BCUT2D eigenvalue weighted by Gasteiger charge is -2.27. The number of carbonyl (C=O) groups excluding carboxylic acids is 2. The highest BCUT2D eigenvalue weighted by molar-refractivity contribution is 7.10. The van der Waals surface area contributed by atoms with E-state index in [1.807, 2.05) is 17.5 Å². The molecule has 1 N–H and O–H groups in total. The van der Waals surface area contributed by atoms with Gasteiger partial charge in [-0.2, -0.15) is 0 Å². The second-order valence-corrected chi connectivity index (χ2v) is 8.33. The average Bonchev–Trinajstić information content (AvgIpc) is 3.36. The lowest BCUT2D eigenvalue weighted by atomic mass is 9.83. The van der Waals surface area contributed by atoms with Crippen molar-refractivity contribution in [3.8, 4) is 5.75 Å². The Hall–Kier alpha value is -2.41. The van der Waals surface area contributed by atoms with Crippen LogP contribution >= 0.6 is 11.3 Å². The minimum Gasteiger partial charge on any atom is -0.483 e. The van der Waals surface area contributed by atoms with E-state index in [4.69, 9.17) is 4.74 Å². The third-order valence-electron chi connectivity index (χ3n) is 5.64. The maximum Gasteiger partial charge on any atom is 0.260 e. The fourth-order valence-electron chi connectivity index (χ4n) is 4.13. The third-order valence-corrected chi connectivity index (χ3v) is 6.71. The summed E-state index contributed by atoms with van der Waals surface area (Å²) in [6.45, 7) is 0.927. The van der Waals surface area contributed by atoms with Gasteiger partial charge >= 0.3 is 0 Å². The normalized spacial score (nSPS) is 18.3. The van der Waals surface area contributed by atoms with Gasteiger partial charge < -0.3 is 15.0 Å². The lowest BCUT2D eigenvalue weighted by Crippen LogP contribution is -2.45. The molecule has 2 aliphatic rings. The second kappa shape index (κ2) is 7.91. The quantitative estimate of drug-likeness (QED) is 0.835. The molecule has 0 radical (unpaired) electrons. The molecule has 7 heteroatoms. The number of ether oxygens (including phenoxy) is 1. The molecule has 0 bridgehead atoms. The largest absolute Gasteiger partial charge is 0.483 e. The van der Waals surface area contributed by atoms with Crippen molar-refractivity contribution >= 4 is 23.2 Å². The van der Waals surface area contributed by atoms with Crippen molar-refractivity contribution in [1.82, 2.24) is 10.2 Å². The Labute approximate surface area is 167 Å². The molecule has 1 aromatic carbocycles. The first-order chi connectivity index (χ1) is 13.6. The number of benzene rings is 1. The van der Waals surface area contributed by atoms with E-state index >= 15 is 0 Å². The number of hydrogen-bond donors (Lipinski definition) is 1. The number of nitrogens with one attached hydrogen (secondary N) is 1. The minimum atomic E-state index is -0.435. The first kappa shape index (κ1) is 18.9. The molecule has 28 heavy (non-hydrogen) atoms. The Balaban J connectivity index is 1.40. The first-order valence-electron chi connectivity index (χ1n) is 9.60. The molecule has 1 fully saturated rings. The van der Waals surface area contributed by atoms with Gasteiger partial charge in [-0.3, -0.25) is 9.59 Å². The van der Waals surface area contributed by atoms with Gasteiger partial charge in [-0.25, -0.2) is 4.39 Å². The van der Waals surface area contributed by atoms with Crippen LogP contribution < -0.4 is 10.1 Å². The smallest absolute Gasteiger partial charge is 0.260 e. The topological polar surface area (TPSA) is 58.6 Å². The Morgan fingerprint density at radius 3 is 2.86 bits per heavy atom. The summed E-state index contributed by atoms with van der Waals surface area (Å²) in [6, 6.07) is 8.29. The van der Waals surface area contributed by atoms with Crippen LogP contribution in [0.4, 0.5) is 4.39 Å². The van der Waals surface area contributed by atoms with Crippen molar-refractivity contribution in [1.29, 1.82) is 0 Å². The van der Waals surface area contributed by atoms with Crippen molar-refractivity contribution in [2.75, 3.05) is 19.7 Å². The minimum absolute atomic E-state index is 0.0393. The Bertz CT molecular complexity index is 863. The van der Waals surface area contributed by atoms with Crippen LogP contribution in [0.1, 0.15) is 36.1 Å². The summed E-state index contributed by atoms with van der Waals surface area (Å²) in [5.74, 6) is 0.0464. The molecule has 0 spiro atoms.